The Bertz CT molecular complexity index is 897. The van der Waals surface area contributed by atoms with Crippen molar-refractivity contribution >= 4 is 28.6 Å². The van der Waals surface area contributed by atoms with Gasteiger partial charge in [-0.1, -0.05) is 43.3 Å². The monoisotopic (exact) mass is 367 g/mol. The summed E-state index contributed by atoms with van der Waals surface area (Å²) in [6.45, 7) is 2.36. The number of thioether (sulfide) groups is 1. The minimum Gasteiger partial charge on any atom is -0.489 e. The molecular formula is C21H21NO3S. The van der Waals surface area contributed by atoms with Gasteiger partial charge in [-0.3, -0.25) is 9.78 Å². The van der Waals surface area contributed by atoms with Gasteiger partial charge in [-0.15, -0.1) is 11.8 Å². The van der Waals surface area contributed by atoms with Gasteiger partial charge in [-0.2, -0.15) is 0 Å². The molecule has 1 N–H and O–H groups in total. The van der Waals surface area contributed by atoms with Crippen LogP contribution in [-0.4, -0.2) is 27.1 Å². The number of pyridine rings is 1. The Kier molecular flexibility index (Phi) is 6.12. The number of ether oxygens (including phenoxy) is 1. The van der Waals surface area contributed by atoms with Crippen LogP contribution >= 0.6 is 11.8 Å². The number of rotatable bonds is 8. The Morgan fingerprint density at radius 3 is 2.77 bits per heavy atom. The molecule has 3 aromatic rings. The van der Waals surface area contributed by atoms with Crippen molar-refractivity contribution in [3.63, 3.8) is 0 Å². The van der Waals surface area contributed by atoms with Crippen molar-refractivity contribution in [3.05, 3.63) is 71.9 Å². The standard InChI is InChI=1S/C21H21NO3S/c1-2-26-20(21(23)24)12-17-8-4-6-10-19(17)25-14-15-11-16-7-3-5-9-18(16)22-13-15/h3-11,13,20H,2,12,14H2,1H3,(H,23,24). The minimum atomic E-state index is -0.787. The molecule has 134 valence electrons. The fraction of sp³-hybridized carbons (Fsp3) is 0.238. The highest BCUT2D eigenvalue weighted by atomic mass is 32.2. The van der Waals surface area contributed by atoms with Crippen LogP contribution in [0.3, 0.4) is 0 Å². The van der Waals surface area contributed by atoms with Crippen molar-refractivity contribution in [1.29, 1.82) is 0 Å². The number of aromatic nitrogens is 1. The molecule has 0 aliphatic rings. The SMILES string of the molecule is CCSC(Cc1ccccc1OCc1cnc2ccccc2c1)C(=O)O. The molecule has 4 nitrogen and oxygen atoms in total. The summed E-state index contributed by atoms with van der Waals surface area (Å²) in [5, 5.41) is 10.0. The number of nitrogens with zero attached hydrogens (tertiary/aromatic N) is 1. The van der Waals surface area contributed by atoms with Crippen LogP contribution in [0.15, 0.2) is 60.8 Å². The lowest BCUT2D eigenvalue weighted by Crippen LogP contribution is -2.20. The second-order valence-electron chi connectivity index (χ2n) is 5.92. The minimum absolute atomic E-state index is 0.396. The van der Waals surface area contributed by atoms with Gasteiger partial charge in [0.05, 0.1) is 5.52 Å². The molecule has 0 spiro atoms. The number of carboxylic acid groups (broad SMARTS) is 1. The van der Waals surface area contributed by atoms with Crippen molar-refractivity contribution in [2.75, 3.05) is 5.75 Å². The van der Waals surface area contributed by atoms with Crippen LogP contribution in [0, 0.1) is 0 Å². The summed E-state index contributed by atoms with van der Waals surface area (Å²) in [4.78, 5) is 15.9. The molecule has 0 bridgehead atoms. The third kappa shape index (κ3) is 4.55. The predicted octanol–water partition coefficient (Wildman–Crippen LogP) is 4.56. The van der Waals surface area contributed by atoms with Gasteiger partial charge in [0.2, 0.25) is 0 Å². The van der Waals surface area contributed by atoms with Gasteiger partial charge in [-0.25, -0.2) is 0 Å². The summed E-state index contributed by atoms with van der Waals surface area (Å²) < 4.78 is 5.99. The van der Waals surface area contributed by atoms with E-state index in [-0.39, 0.29) is 0 Å². The number of carboxylic acids is 1. The van der Waals surface area contributed by atoms with E-state index in [1.165, 1.54) is 11.8 Å². The van der Waals surface area contributed by atoms with Crippen molar-refractivity contribution in [1.82, 2.24) is 4.98 Å². The zero-order valence-corrected chi connectivity index (χ0v) is 15.4. The van der Waals surface area contributed by atoms with Crippen LogP contribution in [0.2, 0.25) is 0 Å². The number of fused-ring (bicyclic) bond motifs is 1. The highest BCUT2D eigenvalue weighted by molar-refractivity contribution is 8.00. The third-order valence-corrected chi connectivity index (χ3v) is 5.17. The molecule has 26 heavy (non-hydrogen) atoms. The van der Waals surface area contributed by atoms with E-state index < -0.39 is 11.2 Å². The number of benzene rings is 2. The highest BCUT2D eigenvalue weighted by Crippen LogP contribution is 2.25. The summed E-state index contributed by atoms with van der Waals surface area (Å²) in [7, 11) is 0. The Balaban J connectivity index is 1.74. The molecule has 0 aliphatic heterocycles. The molecule has 0 saturated heterocycles. The fourth-order valence-electron chi connectivity index (χ4n) is 2.79. The molecule has 1 atom stereocenters. The van der Waals surface area contributed by atoms with Crippen LogP contribution in [-0.2, 0) is 17.8 Å². The molecule has 1 unspecified atom stereocenters. The molecule has 1 heterocycles. The zero-order valence-electron chi connectivity index (χ0n) is 14.6. The van der Waals surface area contributed by atoms with Crippen molar-refractivity contribution in [2.45, 2.75) is 25.2 Å². The molecule has 3 rings (SSSR count). The summed E-state index contributed by atoms with van der Waals surface area (Å²) in [6.07, 6.45) is 2.26. The lowest BCUT2D eigenvalue weighted by atomic mass is 10.1. The van der Waals surface area contributed by atoms with E-state index in [2.05, 4.69) is 11.1 Å². The molecule has 0 radical (unpaired) electrons. The van der Waals surface area contributed by atoms with Crippen LogP contribution in [0.1, 0.15) is 18.1 Å². The molecule has 0 fully saturated rings. The lowest BCUT2D eigenvalue weighted by molar-refractivity contribution is -0.136. The molecule has 0 aliphatic carbocycles. The Morgan fingerprint density at radius 1 is 1.19 bits per heavy atom. The summed E-state index contributed by atoms with van der Waals surface area (Å²) in [5.41, 5.74) is 2.85. The highest BCUT2D eigenvalue weighted by Gasteiger charge is 2.19. The molecule has 5 heteroatoms. The van der Waals surface area contributed by atoms with Crippen molar-refractivity contribution < 1.29 is 14.6 Å². The average Bonchev–Trinajstić information content (AvgIpc) is 2.66. The normalized spacial score (nSPS) is 12.0. The first-order valence-corrected chi connectivity index (χ1v) is 9.61. The number of aliphatic carboxylic acids is 1. The number of carbonyl (C=O) groups is 1. The Morgan fingerprint density at radius 2 is 1.96 bits per heavy atom. The van der Waals surface area contributed by atoms with Gasteiger partial charge in [0, 0.05) is 17.1 Å². The number of hydrogen-bond acceptors (Lipinski definition) is 4. The van der Waals surface area contributed by atoms with Gasteiger partial charge in [0.15, 0.2) is 0 Å². The van der Waals surface area contributed by atoms with E-state index in [1.54, 1.807) is 0 Å². The molecular weight excluding hydrogens is 346 g/mol. The quantitative estimate of drug-likeness (QED) is 0.632. The second kappa shape index (κ2) is 8.72. The van der Waals surface area contributed by atoms with Crippen molar-refractivity contribution in [3.8, 4) is 5.75 Å². The van der Waals surface area contributed by atoms with E-state index in [9.17, 15) is 9.90 Å². The predicted molar refractivity (Wildman–Crippen MR) is 106 cm³/mol. The molecule has 0 amide bonds. The van der Waals surface area contributed by atoms with Crippen LogP contribution < -0.4 is 4.74 Å². The lowest BCUT2D eigenvalue weighted by Gasteiger charge is -2.15. The van der Waals surface area contributed by atoms with Gasteiger partial charge in [-0.05, 0) is 35.9 Å². The first-order valence-electron chi connectivity index (χ1n) is 8.56. The number of hydrogen-bond donors (Lipinski definition) is 1. The summed E-state index contributed by atoms with van der Waals surface area (Å²) >= 11 is 1.44. The maximum atomic E-state index is 11.4. The fourth-order valence-corrected chi connectivity index (χ4v) is 3.63. The van der Waals surface area contributed by atoms with Gasteiger partial charge >= 0.3 is 5.97 Å². The smallest absolute Gasteiger partial charge is 0.316 e. The molecule has 2 aromatic carbocycles. The van der Waals surface area contributed by atoms with E-state index >= 15 is 0 Å². The zero-order chi connectivity index (χ0) is 18.4. The maximum absolute atomic E-state index is 11.4. The first-order chi connectivity index (χ1) is 12.7. The molecule has 0 saturated carbocycles. The van der Waals surface area contributed by atoms with Crippen LogP contribution in [0.5, 0.6) is 5.75 Å². The van der Waals surface area contributed by atoms with E-state index in [0.29, 0.717) is 13.0 Å². The second-order valence-corrected chi connectivity index (χ2v) is 7.40. The van der Waals surface area contributed by atoms with Crippen LogP contribution in [0.25, 0.3) is 10.9 Å². The Labute approximate surface area is 157 Å². The topological polar surface area (TPSA) is 59.4 Å². The van der Waals surface area contributed by atoms with E-state index in [1.807, 2.05) is 61.7 Å². The number of para-hydroxylation sites is 2. The van der Waals surface area contributed by atoms with E-state index in [0.717, 1.165) is 33.5 Å². The average molecular weight is 367 g/mol. The van der Waals surface area contributed by atoms with Gasteiger partial charge in [0.1, 0.15) is 17.6 Å². The van der Waals surface area contributed by atoms with E-state index in [4.69, 9.17) is 4.74 Å². The first kappa shape index (κ1) is 18.3. The molecule has 1 aromatic heterocycles. The van der Waals surface area contributed by atoms with Crippen LogP contribution in [0.4, 0.5) is 0 Å². The Hall–Kier alpha value is -2.53. The van der Waals surface area contributed by atoms with Gasteiger partial charge < -0.3 is 9.84 Å². The summed E-state index contributed by atoms with van der Waals surface area (Å²) in [6, 6.07) is 17.7. The maximum Gasteiger partial charge on any atom is 0.316 e. The summed E-state index contributed by atoms with van der Waals surface area (Å²) in [5.74, 6) is 0.706. The largest absolute Gasteiger partial charge is 0.489 e. The van der Waals surface area contributed by atoms with Crippen molar-refractivity contribution in [2.24, 2.45) is 0 Å². The third-order valence-electron chi connectivity index (χ3n) is 4.06. The van der Waals surface area contributed by atoms with Gasteiger partial charge in [0.25, 0.3) is 0 Å².